The number of thiazole rings is 1. The van der Waals surface area contributed by atoms with Gasteiger partial charge in [0, 0.05) is 20.8 Å². The number of aromatic amines is 1. The van der Waals surface area contributed by atoms with Crippen LogP contribution in [0.15, 0.2) is 81.0 Å². The third-order valence-electron chi connectivity index (χ3n) is 7.07. The molecule has 2 amide bonds. The van der Waals surface area contributed by atoms with Crippen molar-refractivity contribution in [1.29, 1.82) is 0 Å². The van der Waals surface area contributed by atoms with Crippen molar-refractivity contribution < 1.29 is 14.3 Å². The van der Waals surface area contributed by atoms with E-state index in [-0.39, 0.29) is 16.7 Å². The van der Waals surface area contributed by atoms with Crippen molar-refractivity contribution in [2.45, 2.75) is 36.6 Å². The molecule has 9 heteroatoms. The highest BCUT2D eigenvalue weighted by atomic mass is 79.9. The van der Waals surface area contributed by atoms with Crippen LogP contribution in [0.5, 0.6) is 5.75 Å². The van der Waals surface area contributed by atoms with E-state index in [0.717, 1.165) is 42.9 Å². The van der Waals surface area contributed by atoms with E-state index in [9.17, 15) is 14.4 Å². The van der Waals surface area contributed by atoms with Crippen LogP contribution in [0.1, 0.15) is 33.0 Å². The Morgan fingerprint density at radius 2 is 1.74 bits per heavy atom. The number of anilines is 1. The summed E-state index contributed by atoms with van der Waals surface area (Å²) >= 11 is 5.95. The van der Waals surface area contributed by atoms with E-state index in [1.54, 1.807) is 12.1 Å². The summed E-state index contributed by atoms with van der Waals surface area (Å²) in [6, 6.07) is 21.1. The largest absolute Gasteiger partial charge is 0.489 e. The number of ether oxygens (including phenoxy) is 1. The van der Waals surface area contributed by atoms with Gasteiger partial charge in [-0.2, -0.15) is 0 Å². The zero-order chi connectivity index (χ0) is 26.6. The molecule has 2 aliphatic heterocycles. The number of aromatic nitrogens is 1. The number of thioether (sulfide) groups is 1. The van der Waals surface area contributed by atoms with Crippen molar-refractivity contribution in [3.8, 4) is 5.75 Å². The van der Waals surface area contributed by atoms with Gasteiger partial charge in [0.05, 0.1) is 16.6 Å². The van der Waals surface area contributed by atoms with Crippen molar-refractivity contribution in [3.05, 3.63) is 108 Å². The first-order chi connectivity index (χ1) is 18.3. The molecule has 6 rings (SSSR count). The molecule has 3 aromatic carbocycles. The van der Waals surface area contributed by atoms with Crippen molar-refractivity contribution in [2.24, 2.45) is 5.92 Å². The van der Waals surface area contributed by atoms with Crippen LogP contribution in [0.4, 0.5) is 5.69 Å². The molecule has 38 heavy (non-hydrogen) atoms. The SMILES string of the molecule is Cc1ccc(N2C(=O)C3Sc4[nH]c(=O)sc4[C@H](c4cc(Br)ccc4OCc4ccccc4C)C3C2=O)cc1. The van der Waals surface area contributed by atoms with Gasteiger partial charge in [-0.15, -0.1) is 0 Å². The Kier molecular flexibility index (Phi) is 6.53. The summed E-state index contributed by atoms with van der Waals surface area (Å²) in [6.45, 7) is 4.36. The van der Waals surface area contributed by atoms with E-state index < -0.39 is 17.1 Å². The van der Waals surface area contributed by atoms with Gasteiger partial charge in [-0.3, -0.25) is 14.4 Å². The van der Waals surface area contributed by atoms with Crippen molar-refractivity contribution in [1.82, 2.24) is 4.98 Å². The molecule has 0 bridgehead atoms. The lowest BCUT2D eigenvalue weighted by atomic mass is 9.82. The fourth-order valence-electron chi connectivity index (χ4n) is 5.12. The molecule has 2 aliphatic rings. The number of H-pyrrole nitrogens is 1. The molecule has 0 radical (unpaired) electrons. The number of rotatable bonds is 5. The van der Waals surface area contributed by atoms with E-state index >= 15 is 0 Å². The zero-order valence-corrected chi connectivity index (χ0v) is 23.8. The first kappa shape index (κ1) is 25.2. The van der Waals surface area contributed by atoms with Gasteiger partial charge >= 0.3 is 4.87 Å². The van der Waals surface area contributed by atoms with Gasteiger partial charge in [0.15, 0.2) is 0 Å². The topological polar surface area (TPSA) is 79.5 Å². The fourth-order valence-corrected chi connectivity index (χ4v) is 8.01. The molecule has 3 heterocycles. The maximum Gasteiger partial charge on any atom is 0.305 e. The number of aryl methyl sites for hydroxylation is 2. The molecule has 2 unspecified atom stereocenters. The van der Waals surface area contributed by atoms with Crippen molar-refractivity contribution in [3.63, 3.8) is 0 Å². The molecule has 1 saturated heterocycles. The van der Waals surface area contributed by atoms with Gasteiger partial charge in [0.25, 0.3) is 0 Å². The molecule has 6 nitrogen and oxygen atoms in total. The number of amides is 2. The van der Waals surface area contributed by atoms with Crippen LogP contribution >= 0.6 is 39.0 Å². The Bertz CT molecular complexity index is 1630. The van der Waals surface area contributed by atoms with Crippen LogP contribution in [-0.4, -0.2) is 22.0 Å². The zero-order valence-electron chi connectivity index (χ0n) is 20.6. The molecule has 192 valence electrons. The highest BCUT2D eigenvalue weighted by Gasteiger charge is 2.56. The second kappa shape index (κ2) is 9.87. The first-order valence-electron chi connectivity index (χ1n) is 12.1. The number of hydrogen-bond acceptors (Lipinski definition) is 6. The Morgan fingerprint density at radius 1 is 0.974 bits per heavy atom. The summed E-state index contributed by atoms with van der Waals surface area (Å²) in [6.07, 6.45) is 0. The molecule has 1 aromatic heterocycles. The van der Waals surface area contributed by atoms with Gasteiger partial charge in [0.1, 0.15) is 17.6 Å². The minimum atomic E-state index is -0.678. The van der Waals surface area contributed by atoms with Crippen molar-refractivity contribution in [2.75, 3.05) is 4.90 Å². The summed E-state index contributed by atoms with van der Waals surface area (Å²) in [5, 5.41) is -0.0160. The predicted octanol–water partition coefficient (Wildman–Crippen LogP) is 6.19. The van der Waals surface area contributed by atoms with E-state index in [1.165, 1.54) is 16.7 Å². The molecule has 3 atom stereocenters. The molecular weight excluding hydrogens is 584 g/mol. The van der Waals surface area contributed by atoms with Crippen LogP contribution in [0, 0.1) is 19.8 Å². The number of benzene rings is 3. The second-order valence-corrected chi connectivity index (χ2v) is 12.6. The summed E-state index contributed by atoms with van der Waals surface area (Å²) in [5.41, 5.74) is 4.55. The van der Waals surface area contributed by atoms with Gasteiger partial charge in [-0.25, -0.2) is 4.90 Å². The van der Waals surface area contributed by atoms with E-state index in [2.05, 4.69) is 20.9 Å². The molecule has 1 fully saturated rings. The Hall–Kier alpha value is -3.14. The summed E-state index contributed by atoms with van der Waals surface area (Å²) in [7, 11) is 0. The molecular formula is C29H23BrN2O4S2. The van der Waals surface area contributed by atoms with Crippen LogP contribution in [0.25, 0.3) is 0 Å². The standard InChI is InChI=1S/C29H23BrN2O4S2/c1-15-7-10-19(11-8-15)32-27(33)23-22(24-26(31-29(35)38-24)37-25(23)28(32)34)20-13-18(30)9-12-21(20)36-14-17-6-4-3-5-16(17)2/h3-13,22-23,25H,14H2,1-2H3,(H,31,35)/t22-,23?,25?/m1/s1. The Labute approximate surface area is 236 Å². The monoisotopic (exact) mass is 606 g/mol. The number of nitrogens with zero attached hydrogens (tertiary/aromatic N) is 1. The highest BCUT2D eigenvalue weighted by Crippen LogP contribution is 2.54. The second-order valence-electron chi connectivity index (χ2n) is 9.49. The Morgan fingerprint density at radius 3 is 2.50 bits per heavy atom. The number of imide groups is 1. The third-order valence-corrected chi connectivity index (χ3v) is 9.96. The Balaban J connectivity index is 1.45. The third kappa shape index (κ3) is 4.32. The lowest BCUT2D eigenvalue weighted by molar-refractivity contribution is -0.122. The normalized spacial score (nSPS) is 20.4. The van der Waals surface area contributed by atoms with E-state index in [1.807, 2.05) is 68.4 Å². The number of fused-ring (bicyclic) bond motifs is 2. The van der Waals surface area contributed by atoms with Gasteiger partial charge < -0.3 is 9.72 Å². The summed E-state index contributed by atoms with van der Waals surface area (Å²) in [5.74, 6) is -1.11. The van der Waals surface area contributed by atoms with Crippen molar-refractivity contribution >= 4 is 56.5 Å². The predicted molar refractivity (Wildman–Crippen MR) is 153 cm³/mol. The average molecular weight is 608 g/mol. The molecule has 1 N–H and O–H groups in total. The summed E-state index contributed by atoms with van der Waals surface area (Å²) < 4.78 is 7.17. The fraction of sp³-hybridized carbons (Fsp3) is 0.207. The minimum Gasteiger partial charge on any atom is -0.489 e. The number of carbonyl (C=O) groups is 2. The lowest BCUT2D eigenvalue weighted by Gasteiger charge is -2.31. The van der Waals surface area contributed by atoms with Gasteiger partial charge in [-0.1, -0.05) is 81.0 Å². The summed E-state index contributed by atoms with van der Waals surface area (Å²) in [4.78, 5) is 44.9. The highest BCUT2D eigenvalue weighted by molar-refractivity contribution is 9.10. The number of hydrogen-bond donors (Lipinski definition) is 1. The van der Waals surface area contributed by atoms with Gasteiger partial charge in [0.2, 0.25) is 11.8 Å². The molecule has 0 aliphatic carbocycles. The first-order valence-corrected chi connectivity index (χ1v) is 14.6. The smallest absolute Gasteiger partial charge is 0.305 e. The molecule has 4 aromatic rings. The van der Waals surface area contributed by atoms with Crippen LogP contribution < -0.4 is 14.5 Å². The molecule has 0 saturated carbocycles. The average Bonchev–Trinajstić information content (AvgIpc) is 3.39. The maximum atomic E-state index is 14.0. The maximum absolute atomic E-state index is 14.0. The number of nitrogens with one attached hydrogen (secondary N) is 1. The number of carbonyl (C=O) groups excluding carboxylic acids is 2. The molecule has 0 spiro atoms. The quantitative estimate of drug-likeness (QED) is 0.274. The van der Waals surface area contributed by atoms with Crippen LogP contribution in [0.2, 0.25) is 0 Å². The minimum absolute atomic E-state index is 0.208. The van der Waals surface area contributed by atoms with E-state index in [0.29, 0.717) is 23.1 Å². The van der Waals surface area contributed by atoms with Crippen LogP contribution in [-0.2, 0) is 16.2 Å². The number of halogens is 1. The van der Waals surface area contributed by atoms with Crippen LogP contribution in [0.3, 0.4) is 0 Å². The van der Waals surface area contributed by atoms with Gasteiger partial charge in [-0.05, 0) is 55.3 Å². The van der Waals surface area contributed by atoms with E-state index in [4.69, 9.17) is 4.74 Å². The lowest BCUT2D eigenvalue weighted by Crippen LogP contribution is -2.32.